The molecule has 0 saturated carbocycles. The van der Waals surface area contributed by atoms with Gasteiger partial charge in [-0.15, -0.1) is 0 Å². The summed E-state index contributed by atoms with van der Waals surface area (Å²) in [5, 5.41) is 3.35. The Hall–Kier alpha value is -3.35. The Labute approximate surface area is 217 Å². The van der Waals surface area contributed by atoms with Crippen LogP contribution in [0.4, 0.5) is 11.4 Å². The molecule has 4 rings (SSSR count). The first-order valence-electron chi connectivity index (χ1n) is 12.2. The van der Waals surface area contributed by atoms with Crippen LogP contribution in [0.2, 0.25) is 5.02 Å². The van der Waals surface area contributed by atoms with Crippen LogP contribution in [-0.2, 0) is 11.3 Å². The molecular formula is C29H32ClN3O3. The predicted molar refractivity (Wildman–Crippen MR) is 145 cm³/mol. The van der Waals surface area contributed by atoms with Gasteiger partial charge >= 0.3 is 0 Å². The number of rotatable bonds is 8. The molecule has 1 atom stereocenters. The minimum Gasteiger partial charge on any atom is -0.377 e. The summed E-state index contributed by atoms with van der Waals surface area (Å²) in [4.78, 5) is 30.3. The number of benzene rings is 3. The third kappa shape index (κ3) is 6.25. The molecule has 1 saturated heterocycles. The zero-order valence-corrected chi connectivity index (χ0v) is 21.7. The molecule has 1 N–H and O–H groups in total. The third-order valence-corrected chi connectivity index (χ3v) is 6.63. The maximum Gasteiger partial charge on any atom is 0.257 e. The molecule has 0 radical (unpaired) electrons. The van der Waals surface area contributed by atoms with E-state index in [0.717, 1.165) is 36.3 Å². The summed E-state index contributed by atoms with van der Waals surface area (Å²) < 4.78 is 5.87. The van der Waals surface area contributed by atoms with Gasteiger partial charge < -0.3 is 19.9 Å². The van der Waals surface area contributed by atoms with Gasteiger partial charge in [-0.25, -0.2) is 0 Å². The van der Waals surface area contributed by atoms with Crippen molar-refractivity contribution in [2.24, 2.45) is 0 Å². The van der Waals surface area contributed by atoms with E-state index >= 15 is 0 Å². The molecule has 3 aromatic rings. The number of hydrogen-bond acceptors (Lipinski definition) is 4. The Morgan fingerprint density at radius 2 is 1.86 bits per heavy atom. The van der Waals surface area contributed by atoms with Crippen LogP contribution < -0.4 is 10.2 Å². The molecule has 6 nitrogen and oxygen atoms in total. The highest BCUT2D eigenvalue weighted by molar-refractivity contribution is 6.34. The first-order chi connectivity index (χ1) is 17.3. The van der Waals surface area contributed by atoms with Gasteiger partial charge in [0.1, 0.15) is 0 Å². The van der Waals surface area contributed by atoms with Crippen LogP contribution in [0.5, 0.6) is 0 Å². The van der Waals surface area contributed by atoms with Crippen molar-refractivity contribution in [3.05, 3.63) is 94.0 Å². The van der Waals surface area contributed by atoms with Gasteiger partial charge in [-0.05, 0) is 67.8 Å². The normalized spacial score (nSPS) is 14.9. The van der Waals surface area contributed by atoms with Gasteiger partial charge in [-0.1, -0.05) is 41.4 Å². The third-order valence-electron chi connectivity index (χ3n) is 6.30. The topological polar surface area (TPSA) is 61.9 Å². The molecule has 0 aliphatic carbocycles. The van der Waals surface area contributed by atoms with Gasteiger partial charge in [-0.3, -0.25) is 9.59 Å². The Morgan fingerprint density at radius 1 is 1.06 bits per heavy atom. The van der Waals surface area contributed by atoms with Gasteiger partial charge in [0.25, 0.3) is 11.8 Å². The smallest absolute Gasteiger partial charge is 0.257 e. The Balaban J connectivity index is 1.63. The van der Waals surface area contributed by atoms with E-state index in [2.05, 4.69) is 5.32 Å². The lowest BCUT2D eigenvalue weighted by Crippen LogP contribution is -2.37. The second-order valence-electron chi connectivity index (χ2n) is 9.36. The van der Waals surface area contributed by atoms with Crippen LogP contribution in [-0.4, -0.2) is 50.1 Å². The quantitative estimate of drug-likeness (QED) is 0.421. The van der Waals surface area contributed by atoms with Crippen molar-refractivity contribution < 1.29 is 14.3 Å². The summed E-state index contributed by atoms with van der Waals surface area (Å²) in [5.74, 6) is -0.319. The summed E-state index contributed by atoms with van der Waals surface area (Å²) in [6.45, 7) is 3.60. The molecule has 1 fully saturated rings. The van der Waals surface area contributed by atoms with Crippen molar-refractivity contribution in [1.29, 1.82) is 0 Å². The van der Waals surface area contributed by atoms with E-state index < -0.39 is 0 Å². The number of anilines is 2. The number of carbonyl (C=O) groups excluding carboxylic acids is 2. The number of carbonyl (C=O) groups is 2. The largest absolute Gasteiger partial charge is 0.377 e. The lowest BCUT2D eigenvalue weighted by molar-refractivity contribution is 0.0507. The summed E-state index contributed by atoms with van der Waals surface area (Å²) in [6, 6.07) is 20.4. The van der Waals surface area contributed by atoms with Gasteiger partial charge in [-0.2, -0.15) is 0 Å². The lowest BCUT2D eigenvalue weighted by Gasteiger charge is -2.28. The molecule has 3 aromatic carbocycles. The highest BCUT2D eigenvalue weighted by Gasteiger charge is 2.25. The number of aryl methyl sites for hydroxylation is 1. The van der Waals surface area contributed by atoms with E-state index in [-0.39, 0.29) is 17.9 Å². The predicted octanol–water partition coefficient (Wildman–Crippen LogP) is 5.79. The molecule has 1 aliphatic rings. The van der Waals surface area contributed by atoms with E-state index in [4.69, 9.17) is 16.3 Å². The zero-order valence-electron chi connectivity index (χ0n) is 21.0. The fraction of sp³-hybridized carbons (Fsp3) is 0.310. The van der Waals surface area contributed by atoms with Gasteiger partial charge in [0, 0.05) is 50.7 Å². The van der Waals surface area contributed by atoms with Gasteiger partial charge in [0.05, 0.1) is 16.7 Å². The molecular weight excluding hydrogens is 474 g/mol. The van der Waals surface area contributed by atoms with Crippen molar-refractivity contribution in [2.75, 3.05) is 37.5 Å². The first-order valence-corrected chi connectivity index (χ1v) is 12.5. The molecule has 7 heteroatoms. The molecule has 0 bridgehead atoms. The van der Waals surface area contributed by atoms with E-state index in [1.807, 2.05) is 73.3 Å². The van der Waals surface area contributed by atoms with Crippen molar-refractivity contribution in [2.45, 2.75) is 32.4 Å². The van der Waals surface area contributed by atoms with Crippen LogP contribution in [0.3, 0.4) is 0 Å². The molecule has 2 amide bonds. The molecule has 1 heterocycles. The minimum atomic E-state index is -0.281. The average molecular weight is 506 g/mol. The second-order valence-corrected chi connectivity index (χ2v) is 9.77. The monoisotopic (exact) mass is 505 g/mol. The summed E-state index contributed by atoms with van der Waals surface area (Å²) >= 11 is 6.21. The highest BCUT2D eigenvalue weighted by atomic mass is 35.5. The molecule has 188 valence electrons. The van der Waals surface area contributed by atoms with Gasteiger partial charge in [0.15, 0.2) is 0 Å². The summed E-state index contributed by atoms with van der Waals surface area (Å²) in [5.41, 5.74) is 4.64. The molecule has 36 heavy (non-hydrogen) atoms. The zero-order chi connectivity index (χ0) is 25.7. The molecule has 1 aliphatic heterocycles. The first kappa shape index (κ1) is 25.7. The number of amides is 2. The van der Waals surface area contributed by atoms with Crippen molar-refractivity contribution >= 4 is 34.8 Å². The van der Waals surface area contributed by atoms with Gasteiger partial charge in [0.2, 0.25) is 0 Å². The van der Waals surface area contributed by atoms with E-state index in [1.165, 1.54) is 0 Å². The van der Waals surface area contributed by atoms with Crippen LogP contribution in [0.15, 0.2) is 66.7 Å². The van der Waals surface area contributed by atoms with Crippen LogP contribution in [0.1, 0.15) is 44.7 Å². The molecule has 0 spiro atoms. The number of hydrogen-bond donors (Lipinski definition) is 1. The summed E-state index contributed by atoms with van der Waals surface area (Å²) in [7, 11) is 3.93. The van der Waals surface area contributed by atoms with E-state index in [9.17, 15) is 9.59 Å². The maximum atomic E-state index is 13.6. The standard InChI is InChI=1S/C29H32ClN3O3/c1-20-8-6-9-21(16-20)29(35)33(19-24-10-7-15-36-24)18-22-17-23(13-14-27(22)32(2)3)31-28(34)25-11-4-5-12-26(25)30/h4-6,8-9,11-14,16-17,24H,7,10,15,18-19H2,1-3H3,(H,31,34). The number of ether oxygens (including phenoxy) is 1. The Morgan fingerprint density at radius 3 is 2.56 bits per heavy atom. The van der Waals surface area contributed by atoms with Crippen LogP contribution in [0, 0.1) is 6.92 Å². The number of nitrogens with zero attached hydrogens (tertiary/aromatic N) is 2. The summed E-state index contributed by atoms with van der Waals surface area (Å²) in [6.07, 6.45) is 1.96. The number of nitrogens with one attached hydrogen (secondary N) is 1. The van der Waals surface area contributed by atoms with Crippen molar-refractivity contribution in [3.63, 3.8) is 0 Å². The Bertz CT molecular complexity index is 1240. The second kappa shape index (κ2) is 11.6. The van der Waals surface area contributed by atoms with E-state index in [0.29, 0.717) is 34.9 Å². The Kier molecular flexibility index (Phi) is 8.28. The van der Waals surface area contributed by atoms with Crippen LogP contribution >= 0.6 is 11.6 Å². The minimum absolute atomic E-state index is 0.0182. The highest BCUT2D eigenvalue weighted by Crippen LogP contribution is 2.27. The molecule has 0 aromatic heterocycles. The van der Waals surface area contributed by atoms with Crippen LogP contribution in [0.25, 0.3) is 0 Å². The lowest BCUT2D eigenvalue weighted by atomic mass is 10.1. The number of halogens is 1. The fourth-order valence-electron chi connectivity index (χ4n) is 4.49. The maximum absolute atomic E-state index is 13.6. The van der Waals surface area contributed by atoms with Crippen molar-refractivity contribution in [1.82, 2.24) is 4.90 Å². The fourth-order valence-corrected chi connectivity index (χ4v) is 4.71. The average Bonchev–Trinajstić information content (AvgIpc) is 3.36. The SMILES string of the molecule is Cc1cccc(C(=O)N(Cc2cc(NC(=O)c3ccccc3Cl)ccc2N(C)C)CC2CCCO2)c1. The van der Waals surface area contributed by atoms with Crippen molar-refractivity contribution in [3.8, 4) is 0 Å². The molecule has 1 unspecified atom stereocenters. The van der Waals surface area contributed by atoms with E-state index in [1.54, 1.807) is 24.3 Å².